The number of anilines is 1. The van der Waals surface area contributed by atoms with Crippen molar-refractivity contribution in [1.82, 2.24) is 14.6 Å². The van der Waals surface area contributed by atoms with E-state index in [4.69, 9.17) is 4.42 Å². The molecule has 0 spiro atoms. The van der Waals surface area contributed by atoms with Crippen molar-refractivity contribution in [1.29, 1.82) is 5.26 Å². The van der Waals surface area contributed by atoms with Crippen molar-refractivity contribution in [3.05, 3.63) is 57.9 Å². The molecule has 5 rings (SSSR count). The summed E-state index contributed by atoms with van der Waals surface area (Å²) < 4.78 is 46.9. The molecule has 7 nitrogen and oxygen atoms in total. The van der Waals surface area contributed by atoms with Gasteiger partial charge in [0.25, 0.3) is 5.91 Å². The van der Waals surface area contributed by atoms with E-state index in [9.17, 15) is 23.2 Å². The van der Waals surface area contributed by atoms with Crippen LogP contribution in [0.25, 0.3) is 17.1 Å². The van der Waals surface area contributed by atoms with E-state index in [2.05, 4.69) is 28.4 Å². The molecule has 1 atom stereocenters. The van der Waals surface area contributed by atoms with Crippen LogP contribution in [0.5, 0.6) is 0 Å². The zero-order valence-electron chi connectivity index (χ0n) is 17.2. The maximum atomic E-state index is 13.7. The average molecular weight is 471 g/mol. The van der Waals surface area contributed by atoms with Gasteiger partial charge in [-0.05, 0) is 48.9 Å². The van der Waals surface area contributed by atoms with Gasteiger partial charge in [0.2, 0.25) is 0 Å². The highest BCUT2D eigenvalue weighted by atomic mass is 32.1. The molecule has 33 heavy (non-hydrogen) atoms. The summed E-state index contributed by atoms with van der Waals surface area (Å²) in [5, 5.41) is 16.5. The quantitative estimate of drug-likeness (QED) is 0.436. The number of nitrogens with one attached hydrogen (secondary N) is 1. The van der Waals surface area contributed by atoms with Crippen LogP contribution in [-0.4, -0.2) is 20.5 Å². The van der Waals surface area contributed by atoms with Gasteiger partial charge < -0.3 is 9.73 Å². The van der Waals surface area contributed by atoms with Gasteiger partial charge in [-0.3, -0.25) is 4.79 Å². The second-order valence-corrected chi connectivity index (χ2v) is 9.02. The van der Waals surface area contributed by atoms with Gasteiger partial charge in [-0.15, -0.1) is 11.3 Å². The number of rotatable bonds is 3. The lowest BCUT2D eigenvalue weighted by Gasteiger charge is -2.17. The van der Waals surface area contributed by atoms with Crippen LogP contribution in [0.4, 0.5) is 18.2 Å². The minimum atomic E-state index is -4.74. The van der Waals surface area contributed by atoms with Gasteiger partial charge in [0.15, 0.2) is 17.1 Å². The molecule has 0 aliphatic heterocycles. The third-order valence-electron chi connectivity index (χ3n) is 5.63. The monoisotopic (exact) mass is 471 g/mol. The first-order valence-electron chi connectivity index (χ1n) is 10.1. The number of carbonyl (C=O) groups is 1. The van der Waals surface area contributed by atoms with Gasteiger partial charge in [0.1, 0.15) is 22.3 Å². The van der Waals surface area contributed by atoms with Crippen molar-refractivity contribution in [2.24, 2.45) is 5.92 Å². The first-order chi connectivity index (χ1) is 15.8. The van der Waals surface area contributed by atoms with Crippen molar-refractivity contribution in [3.63, 3.8) is 0 Å². The number of furan rings is 1. The van der Waals surface area contributed by atoms with Gasteiger partial charge in [-0.25, -0.2) is 9.50 Å². The van der Waals surface area contributed by atoms with Gasteiger partial charge in [-0.2, -0.15) is 23.5 Å². The molecule has 1 amide bonds. The summed E-state index contributed by atoms with van der Waals surface area (Å²) in [5.41, 5.74) is -0.219. The van der Waals surface area contributed by atoms with Crippen molar-refractivity contribution >= 4 is 27.9 Å². The Morgan fingerprint density at radius 2 is 2.24 bits per heavy atom. The molecule has 0 saturated carbocycles. The number of alkyl halides is 3. The Morgan fingerprint density at radius 3 is 2.94 bits per heavy atom. The van der Waals surface area contributed by atoms with Crippen LogP contribution in [0.2, 0.25) is 0 Å². The molecule has 0 fully saturated rings. The highest BCUT2D eigenvalue weighted by molar-refractivity contribution is 7.16. The molecule has 168 valence electrons. The van der Waals surface area contributed by atoms with E-state index in [1.807, 2.05) is 0 Å². The van der Waals surface area contributed by atoms with E-state index in [1.54, 1.807) is 0 Å². The van der Waals surface area contributed by atoms with Crippen LogP contribution in [-0.2, 0) is 19.0 Å². The Labute approximate surface area is 189 Å². The average Bonchev–Trinajstić information content (AvgIpc) is 3.49. The van der Waals surface area contributed by atoms with E-state index >= 15 is 0 Å². The topological polar surface area (TPSA) is 96.2 Å². The molecule has 4 heterocycles. The molecule has 11 heteroatoms. The Hall–Kier alpha value is -3.65. The number of aromatic nitrogens is 3. The minimum absolute atomic E-state index is 0.0762. The van der Waals surface area contributed by atoms with Crippen LogP contribution in [0, 0.1) is 17.2 Å². The van der Waals surface area contributed by atoms with E-state index in [-0.39, 0.29) is 22.7 Å². The number of amides is 1. The van der Waals surface area contributed by atoms with Crippen LogP contribution in [0.15, 0.2) is 35.1 Å². The molecular formula is C22H16F3N5O2S. The Bertz CT molecular complexity index is 1410. The Kier molecular flexibility index (Phi) is 4.97. The molecule has 1 aliphatic carbocycles. The van der Waals surface area contributed by atoms with Crippen molar-refractivity contribution in [3.8, 4) is 17.5 Å². The molecule has 1 aliphatic rings. The normalized spacial score (nSPS) is 15.9. The van der Waals surface area contributed by atoms with Gasteiger partial charge in [0.05, 0.1) is 18.0 Å². The number of carbonyl (C=O) groups excluding carboxylic acids is 1. The molecule has 0 saturated heterocycles. The largest absolute Gasteiger partial charge is 0.463 e. The maximum Gasteiger partial charge on any atom is 0.433 e. The second-order valence-electron chi connectivity index (χ2n) is 7.92. The fourth-order valence-corrected chi connectivity index (χ4v) is 5.36. The van der Waals surface area contributed by atoms with Crippen LogP contribution < -0.4 is 5.32 Å². The molecular weight excluding hydrogens is 455 g/mol. The van der Waals surface area contributed by atoms with Crippen LogP contribution >= 0.6 is 11.3 Å². The Morgan fingerprint density at radius 1 is 1.42 bits per heavy atom. The summed E-state index contributed by atoms with van der Waals surface area (Å²) in [6.07, 6.45) is 0.164. The molecule has 4 aromatic heterocycles. The minimum Gasteiger partial charge on any atom is -0.463 e. The zero-order valence-corrected chi connectivity index (χ0v) is 18.0. The van der Waals surface area contributed by atoms with Crippen LogP contribution in [0.3, 0.4) is 0 Å². The fourth-order valence-electron chi connectivity index (χ4n) is 4.00. The number of halogens is 3. The molecule has 1 N–H and O–H groups in total. The number of thiophene rings is 1. The lowest BCUT2D eigenvalue weighted by Crippen LogP contribution is -2.15. The van der Waals surface area contributed by atoms with Gasteiger partial charge >= 0.3 is 6.18 Å². The molecule has 0 aromatic carbocycles. The van der Waals surface area contributed by atoms with Crippen LogP contribution in [0.1, 0.15) is 45.4 Å². The smallest absolute Gasteiger partial charge is 0.433 e. The molecule has 0 bridgehead atoms. The number of fused-ring (bicyclic) bond motifs is 2. The highest BCUT2D eigenvalue weighted by Gasteiger charge is 2.36. The van der Waals surface area contributed by atoms with Crippen molar-refractivity contribution in [2.75, 3.05) is 5.32 Å². The van der Waals surface area contributed by atoms with E-state index in [1.165, 1.54) is 29.7 Å². The second kappa shape index (κ2) is 7.74. The third-order valence-corrected chi connectivity index (χ3v) is 6.80. The summed E-state index contributed by atoms with van der Waals surface area (Å²) in [6.45, 7) is 2.13. The SMILES string of the molecule is C[C@@H]1CCc2c(sc(NC(=O)c3cnn4c(C(F)(F)F)cc(-c5ccco5)nc34)c2C#N)C1. The van der Waals surface area contributed by atoms with Crippen molar-refractivity contribution < 1.29 is 22.4 Å². The maximum absolute atomic E-state index is 13.7. The first-order valence-corrected chi connectivity index (χ1v) is 10.9. The van der Waals surface area contributed by atoms with Gasteiger partial charge in [0, 0.05) is 4.88 Å². The lowest BCUT2D eigenvalue weighted by molar-refractivity contribution is -0.142. The molecule has 0 unspecified atom stereocenters. The number of hydrogen-bond acceptors (Lipinski definition) is 6. The number of nitrogens with zero attached hydrogens (tertiary/aromatic N) is 4. The first kappa shape index (κ1) is 21.2. The predicted molar refractivity (Wildman–Crippen MR) is 114 cm³/mol. The standard InChI is InChI=1S/C22H16F3N5O2S/c1-11-4-5-12-13(9-26)21(33-17(12)7-11)29-20(31)14-10-27-30-18(22(23,24)25)8-15(28-19(14)30)16-3-2-6-32-16/h2-3,6,8,10-11H,4-5,7H2,1H3,(H,29,31)/t11-/m1/s1. The molecule has 4 aromatic rings. The Balaban J connectivity index is 1.58. The highest BCUT2D eigenvalue weighted by Crippen LogP contribution is 2.39. The third kappa shape index (κ3) is 3.66. The van der Waals surface area contributed by atoms with Crippen molar-refractivity contribution in [2.45, 2.75) is 32.4 Å². The number of nitriles is 1. The summed E-state index contributed by atoms with van der Waals surface area (Å²) in [4.78, 5) is 18.4. The summed E-state index contributed by atoms with van der Waals surface area (Å²) in [7, 11) is 0. The lowest BCUT2D eigenvalue weighted by atomic mass is 9.88. The number of hydrogen-bond donors (Lipinski definition) is 1. The summed E-state index contributed by atoms with van der Waals surface area (Å²) >= 11 is 1.33. The summed E-state index contributed by atoms with van der Waals surface area (Å²) in [5.74, 6) is -0.0800. The predicted octanol–water partition coefficient (Wildman–Crippen LogP) is 5.32. The summed E-state index contributed by atoms with van der Waals surface area (Å²) in [6, 6.07) is 5.99. The molecule has 0 radical (unpaired) electrons. The van der Waals surface area contributed by atoms with Gasteiger partial charge in [-0.1, -0.05) is 6.92 Å². The fraction of sp³-hybridized carbons (Fsp3) is 0.273. The van der Waals surface area contributed by atoms with E-state index < -0.39 is 17.8 Å². The van der Waals surface area contributed by atoms with E-state index in [0.717, 1.165) is 42.0 Å². The zero-order chi connectivity index (χ0) is 23.3. The van der Waals surface area contributed by atoms with E-state index in [0.29, 0.717) is 21.0 Å².